The summed E-state index contributed by atoms with van der Waals surface area (Å²) in [5, 5.41) is 0.588. The van der Waals surface area contributed by atoms with Gasteiger partial charge in [0.15, 0.2) is 11.5 Å². The monoisotopic (exact) mass is 420 g/mol. The Kier molecular flexibility index (Phi) is 5.07. The van der Waals surface area contributed by atoms with Crippen LogP contribution in [0.1, 0.15) is 18.8 Å². The average molecular weight is 420 g/mol. The van der Waals surface area contributed by atoms with E-state index in [1.165, 1.54) is 0 Å². The summed E-state index contributed by atoms with van der Waals surface area (Å²) in [6.45, 7) is 4.79. The van der Waals surface area contributed by atoms with Crippen LogP contribution in [0.3, 0.4) is 0 Å². The Morgan fingerprint density at radius 3 is 2.58 bits per heavy atom. The van der Waals surface area contributed by atoms with Gasteiger partial charge in [0.25, 0.3) is 11.5 Å². The molecule has 0 unspecified atom stereocenters. The molecule has 1 N–H and O–H groups in total. The van der Waals surface area contributed by atoms with Crippen molar-refractivity contribution in [1.82, 2.24) is 19.8 Å². The van der Waals surface area contributed by atoms with Crippen molar-refractivity contribution in [3.05, 3.63) is 64.7 Å². The number of fused-ring (bicyclic) bond motifs is 2. The van der Waals surface area contributed by atoms with E-state index in [4.69, 9.17) is 9.47 Å². The van der Waals surface area contributed by atoms with Crippen molar-refractivity contribution in [2.75, 3.05) is 32.8 Å². The summed E-state index contributed by atoms with van der Waals surface area (Å²) >= 11 is 0. The third-order valence-electron chi connectivity index (χ3n) is 5.98. The van der Waals surface area contributed by atoms with Gasteiger partial charge in [-0.3, -0.25) is 14.5 Å². The Balaban J connectivity index is 1.23. The van der Waals surface area contributed by atoms with Crippen molar-refractivity contribution < 1.29 is 14.3 Å². The fraction of sp³-hybridized carbons (Fsp3) is 0.348. The number of benzene rings is 2. The molecule has 1 fully saturated rings. The molecule has 8 heteroatoms. The molecule has 1 aromatic heterocycles. The van der Waals surface area contributed by atoms with Crippen LogP contribution < -0.4 is 15.0 Å². The van der Waals surface area contributed by atoms with Gasteiger partial charge < -0.3 is 19.4 Å². The van der Waals surface area contributed by atoms with Gasteiger partial charge in [0.1, 0.15) is 12.4 Å². The minimum Gasteiger partial charge on any atom is -0.485 e. The van der Waals surface area contributed by atoms with Crippen molar-refractivity contribution in [2.24, 2.45) is 0 Å². The number of hydrogen-bond donors (Lipinski definition) is 1. The molecule has 0 aliphatic carbocycles. The van der Waals surface area contributed by atoms with Gasteiger partial charge in [-0.15, -0.1) is 0 Å². The summed E-state index contributed by atoms with van der Waals surface area (Å²) in [5.41, 5.74) is 0.563. The first-order chi connectivity index (χ1) is 15.1. The Morgan fingerprint density at radius 1 is 1.06 bits per heavy atom. The van der Waals surface area contributed by atoms with Gasteiger partial charge in [-0.1, -0.05) is 24.3 Å². The summed E-state index contributed by atoms with van der Waals surface area (Å²) in [7, 11) is 0. The molecule has 5 rings (SSSR count). The Labute approximate surface area is 179 Å². The van der Waals surface area contributed by atoms with Gasteiger partial charge in [0.2, 0.25) is 6.10 Å². The number of hydrogen-bond acceptors (Lipinski definition) is 6. The topological polar surface area (TPSA) is 87.8 Å². The van der Waals surface area contributed by atoms with Crippen molar-refractivity contribution >= 4 is 16.8 Å². The molecule has 3 aromatic rings. The summed E-state index contributed by atoms with van der Waals surface area (Å²) in [6, 6.07) is 14.7. The molecule has 0 saturated carbocycles. The second-order valence-corrected chi connectivity index (χ2v) is 7.87. The highest BCUT2D eigenvalue weighted by Crippen LogP contribution is 2.31. The highest BCUT2D eigenvalue weighted by molar-refractivity contribution is 5.82. The lowest BCUT2D eigenvalue weighted by Gasteiger charge is -2.39. The first-order valence-corrected chi connectivity index (χ1v) is 10.5. The average Bonchev–Trinajstić information content (AvgIpc) is 2.83. The van der Waals surface area contributed by atoms with Crippen LogP contribution in [0.4, 0.5) is 0 Å². The third kappa shape index (κ3) is 3.74. The molecule has 160 valence electrons. The van der Waals surface area contributed by atoms with E-state index in [9.17, 15) is 9.59 Å². The Morgan fingerprint density at radius 2 is 1.77 bits per heavy atom. The summed E-state index contributed by atoms with van der Waals surface area (Å²) in [6.07, 6.45) is -0.627. The van der Waals surface area contributed by atoms with Gasteiger partial charge in [-0.05, 0) is 31.2 Å². The predicted octanol–water partition coefficient (Wildman–Crippen LogP) is 1.97. The van der Waals surface area contributed by atoms with Crippen LogP contribution in [0.25, 0.3) is 10.9 Å². The lowest BCUT2D eigenvalue weighted by atomic mass is 10.1. The highest BCUT2D eigenvalue weighted by atomic mass is 16.6. The number of aromatic amines is 1. The molecular formula is C23H24N4O4. The van der Waals surface area contributed by atoms with E-state index < -0.39 is 6.10 Å². The Hall–Kier alpha value is -3.39. The van der Waals surface area contributed by atoms with E-state index in [-0.39, 0.29) is 24.1 Å². The van der Waals surface area contributed by atoms with Gasteiger partial charge in [0, 0.05) is 26.2 Å². The largest absolute Gasteiger partial charge is 0.485 e. The lowest BCUT2D eigenvalue weighted by molar-refractivity contribution is -0.143. The van der Waals surface area contributed by atoms with E-state index in [0.29, 0.717) is 54.4 Å². The molecule has 31 heavy (non-hydrogen) atoms. The number of nitrogens with one attached hydrogen (secondary N) is 1. The molecule has 2 aliphatic heterocycles. The number of H-pyrrole nitrogens is 1. The van der Waals surface area contributed by atoms with Crippen LogP contribution >= 0.6 is 0 Å². The number of para-hydroxylation sites is 3. The molecule has 1 amide bonds. The van der Waals surface area contributed by atoms with Crippen molar-refractivity contribution in [2.45, 2.75) is 19.1 Å². The maximum Gasteiger partial charge on any atom is 0.267 e. The molecular weight excluding hydrogens is 396 g/mol. The minimum absolute atomic E-state index is 0.0564. The zero-order valence-corrected chi connectivity index (χ0v) is 17.3. The fourth-order valence-corrected chi connectivity index (χ4v) is 4.15. The number of piperazine rings is 1. The summed E-state index contributed by atoms with van der Waals surface area (Å²) < 4.78 is 11.6. The molecule has 8 nitrogen and oxygen atoms in total. The van der Waals surface area contributed by atoms with E-state index in [0.717, 1.165) is 0 Å². The molecule has 3 heterocycles. The van der Waals surface area contributed by atoms with E-state index in [1.807, 2.05) is 54.3 Å². The van der Waals surface area contributed by atoms with Crippen LogP contribution in [0, 0.1) is 0 Å². The second-order valence-electron chi connectivity index (χ2n) is 7.87. The van der Waals surface area contributed by atoms with Gasteiger partial charge in [-0.25, -0.2) is 4.98 Å². The number of amides is 1. The molecule has 0 radical (unpaired) electrons. The number of ether oxygens (including phenoxy) is 2. The molecule has 2 aromatic carbocycles. The molecule has 2 aliphatic rings. The SMILES string of the molecule is C[C@@H](c1nc2ccccc2c(=O)[nH]1)N1CCN(C(=O)[C@@H]2COc3ccccc3O2)CC1. The zero-order chi connectivity index (χ0) is 21.4. The lowest BCUT2D eigenvalue weighted by Crippen LogP contribution is -2.54. The maximum atomic E-state index is 12.9. The zero-order valence-electron chi connectivity index (χ0n) is 17.3. The maximum absolute atomic E-state index is 12.9. The number of carbonyl (C=O) groups excluding carboxylic acids is 1. The third-order valence-corrected chi connectivity index (χ3v) is 5.98. The van der Waals surface area contributed by atoms with E-state index in [2.05, 4.69) is 14.9 Å². The second kappa shape index (κ2) is 8.03. The normalized spacial score (nSPS) is 19.9. The molecule has 1 saturated heterocycles. The number of aromatic nitrogens is 2. The quantitative estimate of drug-likeness (QED) is 0.697. The standard InChI is InChI=1S/C23H24N4O4/c1-15(21-24-17-7-3-2-6-16(17)22(28)25-21)26-10-12-27(13-11-26)23(29)20-14-30-18-8-4-5-9-19(18)31-20/h2-9,15,20H,10-14H2,1H3,(H,24,25,28)/t15-,20-/m0/s1. The number of nitrogens with zero attached hydrogens (tertiary/aromatic N) is 3. The van der Waals surface area contributed by atoms with Crippen molar-refractivity contribution in [3.63, 3.8) is 0 Å². The van der Waals surface area contributed by atoms with Gasteiger partial charge in [-0.2, -0.15) is 0 Å². The first-order valence-electron chi connectivity index (χ1n) is 10.5. The van der Waals surface area contributed by atoms with Crippen molar-refractivity contribution in [3.8, 4) is 11.5 Å². The van der Waals surface area contributed by atoms with Crippen LogP contribution in [0.15, 0.2) is 53.3 Å². The van der Waals surface area contributed by atoms with E-state index >= 15 is 0 Å². The first kappa shape index (κ1) is 19.6. The van der Waals surface area contributed by atoms with Crippen LogP contribution in [0.2, 0.25) is 0 Å². The predicted molar refractivity (Wildman–Crippen MR) is 115 cm³/mol. The minimum atomic E-state index is -0.627. The van der Waals surface area contributed by atoms with Gasteiger partial charge >= 0.3 is 0 Å². The fourth-order valence-electron chi connectivity index (χ4n) is 4.15. The smallest absolute Gasteiger partial charge is 0.267 e. The van der Waals surface area contributed by atoms with E-state index in [1.54, 1.807) is 6.07 Å². The summed E-state index contributed by atoms with van der Waals surface area (Å²) in [5.74, 6) is 1.86. The van der Waals surface area contributed by atoms with Gasteiger partial charge in [0.05, 0.1) is 16.9 Å². The Bertz CT molecular complexity index is 1170. The summed E-state index contributed by atoms with van der Waals surface area (Å²) in [4.78, 5) is 37.0. The van der Waals surface area contributed by atoms with Crippen LogP contribution in [-0.4, -0.2) is 64.6 Å². The molecule has 0 bridgehead atoms. The van der Waals surface area contributed by atoms with Crippen LogP contribution in [0.5, 0.6) is 11.5 Å². The number of carbonyl (C=O) groups is 1. The van der Waals surface area contributed by atoms with Crippen LogP contribution in [-0.2, 0) is 4.79 Å². The number of rotatable bonds is 3. The molecule has 2 atom stereocenters. The highest BCUT2D eigenvalue weighted by Gasteiger charge is 2.33. The molecule has 0 spiro atoms. The van der Waals surface area contributed by atoms with Crippen molar-refractivity contribution in [1.29, 1.82) is 0 Å².